The quantitative estimate of drug-likeness (QED) is 0.716. The molecule has 1 saturated heterocycles. The molecule has 1 aliphatic rings. The van der Waals surface area contributed by atoms with Gasteiger partial charge in [0.05, 0.1) is 0 Å². The van der Waals surface area contributed by atoms with E-state index in [0.717, 1.165) is 37.1 Å². The predicted molar refractivity (Wildman–Crippen MR) is 113 cm³/mol. The average molecular weight is 387 g/mol. The zero-order valence-electron chi connectivity index (χ0n) is 16.6. The number of rotatable bonds is 5. The molecule has 29 heavy (non-hydrogen) atoms. The number of likely N-dealkylation sites (tertiary alicyclic amines) is 1. The Balaban J connectivity index is 1.62. The van der Waals surface area contributed by atoms with E-state index in [1.165, 1.54) is 0 Å². The lowest BCUT2D eigenvalue weighted by atomic mass is 9.99. The van der Waals surface area contributed by atoms with Gasteiger partial charge < -0.3 is 10.2 Å². The Morgan fingerprint density at radius 2 is 1.79 bits per heavy atom. The molecule has 0 unspecified atom stereocenters. The molecule has 0 aliphatic carbocycles. The molecule has 0 atom stereocenters. The lowest BCUT2D eigenvalue weighted by molar-refractivity contribution is 0.0691. The lowest BCUT2D eigenvalue weighted by Crippen LogP contribution is -2.38. The molecule has 0 radical (unpaired) electrons. The van der Waals surface area contributed by atoms with Gasteiger partial charge in [0.1, 0.15) is 11.5 Å². The Morgan fingerprint density at radius 1 is 1.07 bits per heavy atom. The summed E-state index contributed by atoms with van der Waals surface area (Å²) in [5.41, 5.74) is 2.42. The SMILES string of the molecule is CC1CCN(C(=O)c2cc(NCc3ccncc3)nc(-c3ccccc3)n2)CC1. The first-order valence-corrected chi connectivity index (χ1v) is 10.1. The predicted octanol–water partition coefficient (Wildman–Crippen LogP) is 4.02. The van der Waals surface area contributed by atoms with Crippen molar-refractivity contribution >= 4 is 11.7 Å². The van der Waals surface area contributed by atoms with Crippen LogP contribution in [0.3, 0.4) is 0 Å². The molecule has 2 aromatic heterocycles. The highest BCUT2D eigenvalue weighted by Crippen LogP contribution is 2.22. The van der Waals surface area contributed by atoms with E-state index in [0.29, 0.717) is 29.8 Å². The number of carbonyl (C=O) groups excluding carboxylic acids is 1. The molecule has 0 bridgehead atoms. The smallest absolute Gasteiger partial charge is 0.272 e. The number of carbonyl (C=O) groups is 1. The molecule has 3 heterocycles. The topological polar surface area (TPSA) is 71.0 Å². The largest absolute Gasteiger partial charge is 0.366 e. The maximum atomic E-state index is 13.1. The summed E-state index contributed by atoms with van der Waals surface area (Å²) >= 11 is 0. The Hall–Kier alpha value is -3.28. The minimum absolute atomic E-state index is 0.0246. The fraction of sp³-hybridized carbons (Fsp3) is 0.304. The number of anilines is 1. The Morgan fingerprint density at radius 3 is 2.52 bits per heavy atom. The molecule has 148 valence electrons. The summed E-state index contributed by atoms with van der Waals surface area (Å²) in [7, 11) is 0. The third kappa shape index (κ3) is 4.77. The van der Waals surface area contributed by atoms with Crippen LogP contribution in [0.4, 0.5) is 5.82 Å². The number of nitrogens with zero attached hydrogens (tertiary/aromatic N) is 4. The van der Waals surface area contributed by atoms with Crippen LogP contribution < -0.4 is 5.32 Å². The molecule has 1 aromatic carbocycles. The molecule has 0 spiro atoms. The van der Waals surface area contributed by atoms with E-state index in [9.17, 15) is 4.79 Å². The van der Waals surface area contributed by atoms with E-state index in [1.54, 1.807) is 18.5 Å². The monoisotopic (exact) mass is 387 g/mol. The minimum atomic E-state index is -0.0246. The number of aromatic nitrogens is 3. The van der Waals surface area contributed by atoms with Gasteiger partial charge in [-0.25, -0.2) is 9.97 Å². The molecule has 0 saturated carbocycles. The number of piperidine rings is 1. The summed E-state index contributed by atoms with van der Waals surface area (Å²) < 4.78 is 0. The first-order valence-electron chi connectivity index (χ1n) is 10.1. The number of pyridine rings is 1. The summed E-state index contributed by atoms with van der Waals surface area (Å²) in [6.45, 7) is 4.40. The zero-order chi connectivity index (χ0) is 20.1. The third-order valence-corrected chi connectivity index (χ3v) is 5.27. The summed E-state index contributed by atoms with van der Waals surface area (Å²) in [6, 6.07) is 15.4. The number of amides is 1. The van der Waals surface area contributed by atoms with Gasteiger partial charge >= 0.3 is 0 Å². The van der Waals surface area contributed by atoms with Gasteiger partial charge in [0, 0.05) is 43.7 Å². The van der Waals surface area contributed by atoms with Crippen LogP contribution in [-0.4, -0.2) is 38.8 Å². The van der Waals surface area contributed by atoms with Crippen molar-refractivity contribution in [2.24, 2.45) is 5.92 Å². The number of benzene rings is 1. The van der Waals surface area contributed by atoms with Gasteiger partial charge in [-0.3, -0.25) is 9.78 Å². The van der Waals surface area contributed by atoms with Crippen LogP contribution in [0.15, 0.2) is 60.9 Å². The van der Waals surface area contributed by atoms with Crippen LogP contribution in [0.2, 0.25) is 0 Å². The second-order valence-electron chi connectivity index (χ2n) is 7.51. The molecular weight excluding hydrogens is 362 g/mol. The van der Waals surface area contributed by atoms with E-state index >= 15 is 0 Å². The summed E-state index contributed by atoms with van der Waals surface area (Å²) in [5.74, 6) is 1.84. The molecule has 1 fully saturated rings. The van der Waals surface area contributed by atoms with E-state index in [4.69, 9.17) is 0 Å². The Bertz CT molecular complexity index is 954. The van der Waals surface area contributed by atoms with Crippen LogP contribution >= 0.6 is 0 Å². The Labute approximate surface area is 171 Å². The number of nitrogens with one attached hydrogen (secondary N) is 1. The fourth-order valence-corrected chi connectivity index (χ4v) is 3.43. The minimum Gasteiger partial charge on any atom is -0.366 e. The molecule has 4 rings (SSSR count). The van der Waals surface area contributed by atoms with Crippen molar-refractivity contribution < 1.29 is 4.79 Å². The summed E-state index contributed by atoms with van der Waals surface area (Å²) in [6.07, 6.45) is 5.60. The van der Waals surface area contributed by atoms with Gasteiger partial charge in [-0.1, -0.05) is 37.3 Å². The highest BCUT2D eigenvalue weighted by molar-refractivity contribution is 5.93. The molecule has 6 heteroatoms. The second-order valence-corrected chi connectivity index (χ2v) is 7.51. The van der Waals surface area contributed by atoms with E-state index < -0.39 is 0 Å². The van der Waals surface area contributed by atoms with Crippen molar-refractivity contribution in [1.29, 1.82) is 0 Å². The van der Waals surface area contributed by atoms with Gasteiger partial charge in [-0.15, -0.1) is 0 Å². The van der Waals surface area contributed by atoms with Gasteiger partial charge in [-0.05, 0) is 36.5 Å². The first-order chi connectivity index (χ1) is 14.2. The number of hydrogen-bond acceptors (Lipinski definition) is 5. The van der Waals surface area contributed by atoms with Gasteiger partial charge in [-0.2, -0.15) is 0 Å². The van der Waals surface area contributed by atoms with Crippen LogP contribution in [0, 0.1) is 5.92 Å². The van der Waals surface area contributed by atoms with Gasteiger partial charge in [0.2, 0.25) is 0 Å². The van der Waals surface area contributed by atoms with Gasteiger partial charge in [0.15, 0.2) is 5.82 Å². The van der Waals surface area contributed by atoms with Crippen LogP contribution in [-0.2, 0) is 6.54 Å². The third-order valence-electron chi connectivity index (χ3n) is 5.27. The van der Waals surface area contributed by atoms with Crippen molar-refractivity contribution in [2.75, 3.05) is 18.4 Å². The zero-order valence-corrected chi connectivity index (χ0v) is 16.6. The molecule has 3 aromatic rings. The molecule has 1 N–H and O–H groups in total. The van der Waals surface area contributed by atoms with Crippen molar-refractivity contribution in [1.82, 2.24) is 19.9 Å². The van der Waals surface area contributed by atoms with Crippen molar-refractivity contribution in [3.8, 4) is 11.4 Å². The fourth-order valence-electron chi connectivity index (χ4n) is 3.43. The first kappa shape index (κ1) is 19.1. The second kappa shape index (κ2) is 8.82. The maximum Gasteiger partial charge on any atom is 0.272 e. The summed E-state index contributed by atoms with van der Waals surface area (Å²) in [4.78, 5) is 28.3. The molecule has 1 aliphatic heterocycles. The highest BCUT2D eigenvalue weighted by atomic mass is 16.2. The van der Waals surface area contributed by atoms with Crippen LogP contribution in [0.1, 0.15) is 35.8 Å². The van der Waals surface area contributed by atoms with Gasteiger partial charge in [0.25, 0.3) is 5.91 Å². The maximum absolute atomic E-state index is 13.1. The molecule has 6 nitrogen and oxygen atoms in total. The summed E-state index contributed by atoms with van der Waals surface area (Å²) in [5, 5.41) is 3.33. The normalized spacial score (nSPS) is 14.6. The highest BCUT2D eigenvalue weighted by Gasteiger charge is 2.23. The standard InChI is InChI=1S/C23H25N5O/c1-17-9-13-28(14-10-17)23(29)20-15-21(25-16-18-7-11-24-12-8-18)27-22(26-20)19-5-3-2-4-6-19/h2-8,11-12,15,17H,9-10,13-14,16H2,1H3,(H,25,26,27). The average Bonchev–Trinajstić information content (AvgIpc) is 2.79. The van der Waals surface area contributed by atoms with E-state index in [-0.39, 0.29) is 5.91 Å². The van der Waals surface area contributed by atoms with Crippen LogP contribution in [0.25, 0.3) is 11.4 Å². The van der Waals surface area contributed by atoms with Crippen molar-refractivity contribution in [2.45, 2.75) is 26.3 Å². The molecular formula is C23H25N5O. The van der Waals surface area contributed by atoms with Crippen molar-refractivity contribution in [3.63, 3.8) is 0 Å². The van der Waals surface area contributed by atoms with Crippen LogP contribution in [0.5, 0.6) is 0 Å². The van der Waals surface area contributed by atoms with E-state index in [2.05, 4.69) is 27.2 Å². The van der Waals surface area contributed by atoms with Crippen molar-refractivity contribution in [3.05, 3.63) is 72.2 Å². The Kier molecular flexibility index (Phi) is 5.79. The molecule has 1 amide bonds. The number of hydrogen-bond donors (Lipinski definition) is 1. The lowest BCUT2D eigenvalue weighted by Gasteiger charge is -2.30. The van der Waals surface area contributed by atoms with E-state index in [1.807, 2.05) is 47.4 Å².